The molecule has 2 heterocycles. The second kappa shape index (κ2) is 7.67. The highest BCUT2D eigenvalue weighted by molar-refractivity contribution is 6.30. The number of carbonyl (C=O) groups excluding carboxylic acids is 2. The lowest BCUT2D eigenvalue weighted by Crippen LogP contribution is -2.47. The average Bonchev–Trinajstić information content (AvgIpc) is 3.28. The van der Waals surface area contributed by atoms with Crippen molar-refractivity contribution in [3.63, 3.8) is 0 Å². The molecule has 0 aliphatic carbocycles. The molecule has 27 heavy (non-hydrogen) atoms. The van der Waals surface area contributed by atoms with E-state index in [1.807, 2.05) is 55.1 Å². The minimum atomic E-state index is -0.770. The van der Waals surface area contributed by atoms with Gasteiger partial charge in [-0.1, -0.05) is 25.4 Å². The van der Waals surface area contributed by atoms with Crippen LogP contribution in [0.3, 0.4) is 0 Å². The normalized spacial score (nSPS) is 12.1. The molecule has 140 valence electrons. The van der Waals surface area contributed by atoms with Gasteiger partial charge in [0.1, 0.15) is 11.9 Å². The molecule has 0 aliphatic heterocycles. The van der Waals surface area contributed by atoms with E-state index in [0.717, 1.165) is 5.69 Å². The second-order valence-electron chi connectivity index (χ2n) is 6.46. The molecule has 8 heteroatoms. The molecule has 1 atom stereocenters. The summed E-state index contributed by atoms with van der Waals surface area (Å²) < 4.78 is 3.48. The Morgan fingerprint density at radius 3 is 2.33 bits per heavy atom. The van der Waals surface area contributed by atoms with Crippen molar-refractivity contribution in [2.24, 2.45) is 11.7 Å². The summed E-state index contributed by atoms with van der Waals surface area (Å²) in [5, 5.41) is 7.69. The van der Waals surface area contributed by atoms with Gasteiger partial charge in [0, 0.05) is 23.5 Å². The van der Waals surface area contributed by atoms with E-state index in [0.29, 0.717) is 10.8 Å². The Morgan fingerprint density at radius 1 is 1.15 bits per heavy atom. The number of halogens is 1. The quantitative estimate of drug-likeness (QED) is 0.682. The lowest BCUT2D eigenvalue weighted by molar-refractivity contribution is -0.120. The molecule has 0 spiro atoms. The minimum Gasteiger partial charge on any atom is -0.368 e. The van der Waals surface area contributed by atoms with Crippen LogP contribution in [0.15, 0.2) is 54.9 Å². The lowest BCUT2D eigenvalue weighted by Gasteiger charge is -2.18. The summed E-state index contributed by atoms with van der Waals surface area (Å²) in [7, 11) is 0. The Hall–Kier alpha value is -3.06. The molecular formula is C19H20ClN5O2. The van der Waals surface area contributed by atoms with E-state index >= 15 is 0 Å². The largest absolute Gasteiger partial charge is 0.368 e. The third-order valence-electron chi connectivity index (χ3n) is 4.12. The first kappa shape index (κ1) is 18.7. The molecule has 1 aromatic carbocycles. The monoisotopic (exact) mass is 385 g/mol. The maximum absolute atomic E-state index is 12.7. The van der Waals surface area contributed by atoms with Crippen molar-refractivity contribution in [2.75, 3.05) is 0 Å². The van der Waals surface area contributed by atoms with Crippen LogP contribution >= 0.6 is 11.6 Å². The summed E-state index contributed by atoms with van der Waals surface area (Å²) in [6.07, 6.45) is 3.71. The van der Waals surface area contributed by atoms with Gasteiger partial charge in [-0.2, -0.15) is 5.10 Å². The van der Waals surface area contributed by atoms with Gasteiger partial charge in [-0.25, -0.2) is 4.68 Å². The molecule has 2 amide bonds. The van der Waals surface area contributed by atoms with Gasteiger partial charge in [0.05, 0.1) is 5.69 Å². The molecule has 3 rings (SSSR count). The molecule has 0 unspecified atom stereocenters. The van der Waals surface area contributed by atoms with E-state index in [1.165, 1.54) is 0 Å². The molecule has 3 aromatic rings. The van der Waals surface area contributed by atoms with Crippen molar-refractivity contribution in [1.29, 1.82) is 0 Å². The van der Waals surface area contributed by atoms with Gasteiger partial charge in [0.25, 0.3) is 5.91 Å². The van der Waals surface area contributed by atoms with Gasteiger partial charge in [-0.3, -0.25) is 9.59 Å². The number of nitrogens with zero attached hydrogens (tertiary/aromatic N) is 3. The fraction of sp³-hybridized carbons (Fsp3) is 0.211. The van der Waals surface area contributed by atoms with Gasteiger partial charge < -0.3 is 15.6 Å². The highest BCUT2D eigenvalue weighted by Crippen LogP contribution is 2.19. The number of hydrogen-bond donors (Lipinski definition) is 2. The Kier molecular flexibility index (Phi) is 5.32. The fourth-order valence-electron chi connectivity index (χ4n) is 2.71. The zero-order valence-corrected chi connectivity index (χ0v) is 15.7. The van der Waals surface area contributed by atoms with Gasteiger partial charge in [0.2, 0.25) is 5.91 Å². The number of carbonyl (C=O) groups is 2. The van der Waals surface area contributed by atoms with Gasteiger partial charge >= 0.3 is 0 Å². The number of nitrogens with two attached hydrogens (primary N) is 1. The maximum Gasteiger partial charge on any atom is 0.272 e. The molecule has 7 nitrogen and oxygen atoms in total. The predicted octanol–water partition coefficient (Wildman–Crippen LogP) is 2.56. The SMILES string of the molecule is CC(C)[C@H](NC(=O)c1cc(-n2cccc2)n(-c2ccc(Cl)cc2)n1)C(N)=O. The summed E-state index contributed by atoms with van der Waals surface area (Å²) in [6.45, 7) is 3.63. The van der Waals surface area contributed by atoms with Crippen LogP contribution in [0.2, 0.25) is 5.02 Å². The van der Waals surface area contributed by atoms with Crippen LogP contribution in [0.25, 0.3) is 11.5 Å². The van der Waals surface area contributed by atoms with Crippen LogP contribution in [0.5, 0.6) is 0 Å². The molecule has 0 bridgehead atoms. The minimum absolute atomic E-state index is 0.131. The average molecular weight is 386 g/mol. The van der Waals surface area contributed by atoms with E-state index in [1.54, 1.807) is 22.9 Å². The summed E-state index contributed by atoms with van der Waals surface area (Å²) >= 11 is 5.97. The van der Waals surface area contributed by atoms with Crippen LogP contribution in [0.1, 0.15) is 24.3 Å². The highest BCUT2D eigenvalue weighted by Gasteiger charge is 2.24. The van der Waals surface area contributed by atoms with Gasteiger partial charge in [0.15, 0.2) is 5.69 Å². The van der Waals surface area contributed by atoms with Crippen LogP contribution < -0.4 is 11.1 Å². The van der Waals surface area contributed by atoms with Crippen molar-refractivity contribution in [3.05, 3.63) is 65.6 Å². The van der Waals surface area contributed by atoms with E-state index < -0.39 is 17.9 Å². The lowest BCUT2D eigenvalue weighted by atomic mass is 10.0. The number of hydrogen-bond acceptors (Lipinski definition) is 3. The van der Waals surface area contributed by atoms with Crippen molar-refractivity contribution in [3.8, 4) is 11.5 Å². The van der Waals surface area contributed by atoms with E-state index in [-0.39, 0.29) is 11.6 Å². The second-order valence-corrected chi connectivity index (χ2v) is 6.90. The van der Waals surface area contributed by atoms with Crippen molar-refractivity contribution < 1.29 is 9.59 Å². The third-order valence-corrected chi connectivity index (χ3v) is 4.38. The highest BCUT2D eigenvalue weighted by atomic mass is 35.5. The summed E-state index contributed by atoms with van der Waals surface area (Å²) in [5.41, 5.74) is 6.31. The smallest absolute Gasteiger partial charge is 0.272 e. The molecule has 0 saturated heterocycles. The molecule has 0 saturated carbocycles. The van der Waals surface area contributed by atoms with Crippen LogP contribution in [-0.4, -0.2) is 32.2 Å². The van der Waals surface area contributed by atoms with E-state index in [4.69, 9.17) is 17.3 Å². The first-order valence-electron chi connectivity index (χ1n) is 8.46. The van der Waals surface area contributed by atoms with Gasteiger partial charge in [-0.05, 0) is 42.3 Å². The van der Waals surface area contributed by atoms with E-state index in [9.17, 15) is 9.59 Å². The number of nitrogens with one attached hydrogen (secondary N) is 1. The molecule has 0 aliphatic rings. The maximum atomic E-state index is 12.7. The molecular weight excluding hydrogens is 366 g/mol. The Balaban J connectivity index is 2.00. The van der Waals surface area contributed by atoms with Crippen LogP contribution in [0, 0.1) is 5.92 Å². The zero-order chi connectivity index (χ0) is 19.6. The molecule has 0 radical (unpaired) electrons. The zero-order valence-electron chi connectivity index (χ0n) is 15.0. The summed E-state index contributed by atoms with van der Waals surface area (Å²) in [5.74, 6) is -0.504. The summed E-state index contributed by atoms with van der Waals surface area (Å²) in [6, 6.07) is 11.8. The Labute approximate surface area is 161 Å². The molecule has 0 fully saturated rings. The predicted molar refractivity (Wildman–Crippen MR) is 103 cm³/mol. The van der Waals surface area contributed by atoms with Crippen molar-refractivity contribution in [1.82, 2.24) is 19.7 Å². The first-order chi connectivity index (χ1) is 12.9. The fourth-order valence-corrected chi connectivity index (χ4v) is 2.83. The number of benzene rings is 1. The number of primary amides is 1. The van der Waals surface area contributed by atoms with E-state index in [2.05, 4.69) is 10.4 Å². The topological polar surface area (TPSA) is 94.9 Å². The molecule has 2 aromatic heterocycles. The number of rotatable bonds is 6. The summed E-state index contributed by atoms with van der Waals surface area (Å²) in [4.78, 5) is 24.2. The van der Waals surface area contributed by atoms with Crippen LogP contribution in [-0.2, 0) is 4.79 Å². The Morgan fingerprint density at radius 2 is 1.78 bits per heavy atom. The van der Waals surface area contributed by atoms with Gasteiger partial charge in [-0.15, -0.1) is 0 Å². The van der Waals surface area contributed by atoms with Crippen LogP contribution in [0.4, 0.5) is 0 Å². The van der Waals surface area contributed by atoms with Crippen molar-refractivity contribution in [2.45, 2.75) is 19.9 Å². The molecule has 3 N–H and O–H groups in total. The standard InChI is InChI=1S/C19H20ClN5O2/c1-12(2)17(18(21)26)22-19(27)15-11-16(24-9-3-4-10-24)25(23-15)14-7-5-13(20)6-8-14/h3-12,17H,1-2H3,(H2,21,26)(H,22,27)/t17-/m0/s1. The third kappa shape index (κ3) is 4.03. The Bertz CT molecular complexity index is 945. The van der Waals surface area contributed by atoms with Crippen molar-refractivity contribution >= 4 is 23.4 Å². The first-order valence-corrected chi connectivity index (χ1v) is 8.84. The number of amides is 2. The number of aromatic nitrogens is 3.